The summed E-state index contributed by atoms with van der Waals surface area (Å²) in [5, 5.41) is 11.6. The van der Waals surface area contributed by atoms with E-state index < -0.39 is 12.0 Å². The highest BCUT2D eigenvalue weighted by Crippen LogP contribution is 2.14. The number of amides is 1. The molecule has 0 aromatic rings. The van der Waals surface area contributed by atoms with Gasteiger partial charge in [-0.15, -0.1) is 0 Å². The third kappa shape index (κ3) is 8.88. The number of carboxylic acids is 1. The summed E-state index contributed by atoms with van der Waals surface area (Å²) >= 11 is 1.57. The fourth-order valence-corrected chi connectivity index (χ4v) is 2.41. The monoisotopic (exact) mass is 290 g/mol. The Balaban J connectivity index is 4.27. The lowest BCUT2D eigenvalue weighted by molar-refractivity contribution is -0.142. The molecule has 0 aromatic carbocycles. The van der Waals surface area contributed by atoms with Crippen LogP contribution in [0.5, 0.6) is 0 Å². The summed E-state index contributed by atoms with van der Waals surface area (Å²) in [6.45, 7) is 4.62. The molecule has 0 heterocycles. The number of hydrogen-bond donors (Lipinski definition) is 3. The Hall–Kier alpha value is -0.750. The second kappa shape index (κ2) is 10.1. The van der Waals surface area contributed by atoms with Crippen LogP contribution in [-0.4, -0.2) is 41.6 Å². The van der Waals surface area contributed by atoms with Crippen LogP contribution in [-0.2, 0) is 9.59 Å². The Bertz CT molecular complexity index is 285. The maximum Gasteiger partial charge on any atom is 0.326 e. The van der Waals surface area contributed by atoms with Crippen LogP contribution in [0, 0.1) is 11.8 Å². The van der Waals surface area contributed by atoms with Crippen LogP contribution in [0.15, 0.2) is 0 Å². The summed E-state index contributed by atoms with van der Waals surface area (Å²) < 4.78 is 0. The zero-order valence-electron chi connectivity index (χ0n) is 12.0. The second-order valence-corrected chi connectivity index (χ2v) is 6.16. The van der Waals surface area contributed by atoms with Crippen molar-refractivity contribution in [3.63, 3.8) is 0 Å². The van der Waals surface area contributed by atoms with Gasteiger partial charge >= 0.3 is 5.97 Å². The Morgan fingerprint density at radius 1 is 1.37 bits per heavy atom. The second-order valence-electron chi connectivity index (χ2n) is 5.18. The molecule has 0 bridgehead atoms. The van der Waals surface area contributed by atoms with Crippen molar-refractivity contribution in [2.75, 3.05) is 18.6 Å². The molecule has 0 spiro atoms. The van der Waals surface area contributed by atoms with Crippen molar-refractivity contribution in [1.29, 1.82) is 0 Å². The van der Waals surface area contributed by atoms with Gasteiger partial charge in [-0.1, -0.05) is 13.8 Å². The molecule has 0 saturated heterocycles. The van der Waals surface area contributed by atoms with E-state index in [9.17, 15) is 9.59 Å². The number of carbonyl (C=O) groups is 2. The van der Waals surface area contributed by atoms with Gasteiger partial charge in [0.1, 0.15) is 6.04 Å². The molecule has 5 nitrogen and oxygen atoms in total. The zero-order chi connectivity index (χ0) is 14.8. The van der Waals surface area contributed by atoms with Crippen LogP contribution in [0.1, 0.15) is 33.1 Å². The predicted octanol–water partition coefficient (Wildman–Crippen LogP) is 1.32. The minimum absolute atomic E-state index is 0.120. The summed E-state index contributed by atoms with van der Waals surface area (Å²) in [7, 11) is 0. The number of nitrogens with one attached hydrogen (secondary N) is 1. The summed E-state index contributed by atoms with van der Waals surface area (Å²) in [5.41, 5.74) is 5.64. The van der Waals surface area contributed by atoms with E-state index in [1.807, 2.05) is 6.26 Å². The van der Waals surface area contributed by atoms with Gasteiger partial charge in [0.15, 0.2) is 0 Å². The standard InChI is InChI=1S/C13H26N2O3S/c1-9(2)6-10(8-14)7-12(16)15-11(13(17)18)4-5-19-3/h9-11H,4-8,14H2,1-3H3,(H,15,16)(H,17,18)/t10-,11+/m0/s1. The van der Waals surface area contributed by atoms with E-state index in [1.54, 1.807) is 11.8 Å². The minimum Gasteiger partial charge on any atom is -0.480 e. The number of thioether (sulfide) groups is 1. The van der Waals surface area contributed by atoms with Gasteiger partial charge in [0.25, 0.3) is 0 Å². The van der Waals surface area contributed by atoms with Gasteiger partial charge < -0.3 is 16.2 Å². The largest absolute Gasteiger partial charge is 0.480 e. The van der Waals surface area contributed by atoms with Crippen molar-refractivity contribution in [2.45, 2.75) is 39.2 Å². The average molecular weight is 290 g/mol. The van der Waals surface area contributed by atoms with Crippen molar-refractivity contribution in [1.82, 2.24) is 5.32 Å². The summed E-state index contributed by atoms with van der Waals surface area (Å²) in [5.74, 6) is 0.118. The fourth-order valence-electron chi connectivity index (χ4n) is 1.94. The number of hydrogen-bond acceptors (Lipinski definition) is 4. The van der Waals surface area contributed by atoms with E-state index in [2.05, 4.69) is 19.2 Å². The molecule has 0 aliphatic rings. The van der Waals surface area contributed by atoms with Gasteiger partial charge in [0.05, 0.1) is 0 Å². The lowest BCUT2D eigenvalue weighted by Gasteiger charge is -2.19. The zero-order valence-corrected chi connectivity index (χ0v) is 12.8. The highest BCUT2D eigenvalue weighted by Gasteiger charge is 2.21. The molecule has 0 rings (SSSR count). The third-order valence-electron chi connectivity index (χ3n) is 2.86. The minimum atomic E-state index is -0.976. The molecule has 6 heteroatoms. The first-order valence-electron chi connectivity index (χ1n) is 6.61. The molecule has 0 aliphatic heterocycles. The van der Waals surface area contributed by atoms with Crippen LogP contribution in [0.3, 0.4) is 0 Å². The molecule has 0 aliphatic carbocycles. The maximum atomic E-state index is 11.8. The van der Waals surface area contributed by atoms with Crippen molar-refractivity contribution >= 4 is 23.6 Å². The van der Waals surface area contributed by atoms with Gasteiger partial charge in [-0.3, -0.25) is 4.79 Å². The Kier molecular flexibility index (Phi) is 9.69. The molecule has 0 unspecified atom stereocenters. The fraction of sp³-hybridized carbons (Fsp3) is 0.846. The van der Waals surface area contributed by atoms with Crippen LogP contribution in [0.25, 0.3) is 0 Å². The molecule has 0 saturated carbocycles. The van der Waals surface area contributed by atoms with E-state index >= 15 is 0 Å². The number of carbonyl (C=O) groups excluding carboxylic acids is 1. The molecule has 4 N–H and O–H groups in total. The van der Waals surface area contributed by atoms with Crippen LogP contribution in [0.2, 0.25) is 0 Å². The quantitative estimate of drug-likeness (QED) is 0.564. The number of rotatable bonds is 10. The molecule has 19 heavy (non-hydrogen) atoms. The highest BCUT2D eigenvalue weighted by molar-refractivity contribution is 7.98. The number of nitrogens with two attached hydrogens (primary N) is 1. The smallest absolute Gasteiger partial charge is 0.326 e. The van der Waals surface area contributed by atoms with E-state index in [0.717, 1.165) is 6.42 Å². The van der Waals surface area contributed by atoms with Gasteiger partial charge in [-0.05, 0) is 43.2 Å². The number of aliphatic carboxylic acids is 1. The maximum absolute atomic E-state index is 11.8. The van der Waals surface area contributed by atoms with Gasteiger partial charge in [-0.25, -0.2) is 4.79 Å². The summed E-state index contributed by atoms with van der Waals surface area (Å²) in [6, 6.07) is -0.794. The molecule has 0 aromatic heterocycles. The van der Waals surface area contributed by atoms with Crippen LogP contribution >= 0.6 is 11.8 Å². The highest BCUT2D eigenvalue weighted by atomic mass is 32.2. The first-order valence-corrected chi connectivity index (χ1v) is 8.01. The predicted molar refractivity (Wildman–Crippen MR) is 79.2 cm³/mol. The van der Waals surface area contributed by atoms with E-state index in [1.165, 1.54) is 0 Å². The average Bonchev–Trinajstić information content (AvgIpc) is 2.32. The van der Waals surface area contributed by atoms with Gasteiger partial charge in [0.2, 0.25) is 5.91 Å². The first-order chi connectivity index (χ1) is 8.90. The Labute approximate surface area is 119 Å². The Morgan fingerprint density at radius 3 is 2.42 bits per heavy atom. The SMILES string of the molecule is CSCC[C@@H](NC(=O)C[C@@H](CN)CC(C)C)C(=O)O. The van der Waals surface area contributed by atoms with Crippen LogP contribution < -0.4 is 11.1 Å². The molecular weight excluding hydrogens is 264 g/mol. The van der Waals surface area contributed by atoms with E-state index in [-0.39, 0.29) is 11.8 Å². The van der Waals surface area contributed by atoms with Crippen molar-refractivity contribution in [3.8, 4) is 0 Å². The lowest BCUT2D eigenvalue weighted by atomic mass is 9.94. The van der Waals surface area contributed by atoms with Gasteiger partial charge in [0, 0.05) is 6.42 Å². The van der Waals surface area contributed by atoms with Crippen LogP contribution in [0.4, 0.5) is 0 Å². The third-order valence-corrected chi connectivity index (χ3v) is 3.50. The molecule has 1 amide bonds. The Morgan fingerprint density at radius 2 is 2.00 bits per heavy atom. The molecule has 0 radical (unpaired) electrons. The molecule has 0 fully saturated rings. The first kappa shape index (κ1) is 18.2. The topological polar surface area (TPSA) is 92.4 Å². The lowest BCUT2D eigenvalue weighted by Crippen LogP contribution is -2.42. The van der Waals surface area contributed by atoms with E-state index in [4.69, 9.17) is 10.8 Å². The summed E-state index contributed by atoms with van der Waals surface area (Å²) in [4.78, 5) is 22.9. The number of carboxylic acid groups (broad SMARTS) is 1. The molecular formula is C13H26N2O3S. The van der Waals surface area contributed by atoms with Crippen molar-refractivity contribution in [2.24, 2.45) is 17.6 Å². The molecule has 2 atom stereocenters. The van der Waals surface area contributed by atoms with Crippen molar-refractivity contribution in [3.05, 3.63) is 0 Å². The van der Waals surface area contributed by atoms with Crippen molar-refractivity contribution < 1.29 is 14.7 Å². The summed E-state index contributed by atoms with van der Waals surface area (Å²) in [6.07, 6.45) is 3.54. The van der Waals surface area contributed by atoms with Gasteiger partial charge in [-0.2, -0.15) is 11.8 Å². The molecule has 112 valence electrons. The van der Waals surface area contributed by atoms with E-state index in [0.29, 0.717) is 31.1 Å². The normalized spacial score (nSPS) is 14.2.